The van der Waals surface area contributed by atoms with Crippen LogP contribution in [0.2, 0.25) is 0 Å². The lowest BCUT2D eigenvalue weighted by Crippen LogP contribution is -2.20. The van der Waals surface area contributed by atoms with Crippen molar-refractivity contribution in [3.63, 3.8) is 0 Å². The van der Waals surface area contributed by atoms with Gasteiger partial charge in [0, 0.05) is 0 Å². The van der Waals surface area contributed by atoms with Gasteiger partial charge in [-0.05, 0) is 11.1 Å². The van der Waals surface area contributed by atoms with E-state index in [0.717, 1.165) is 0 Å². The Kier molecular flexibility index (Phi) is 6.75. The van der Waals surface area contributed by atoms with Gasteiger partial charge in [-0.3, -0.25) is 9.59 Å². The van der Waals surface area contributed by atoms with E-state index in [1.807, 2.05) is 12.1 Å². The Morgan fingerprint density at radius 3 is 1.18 bits per heavy atom. The van der Waals surface area contributed by atoms with Crippen molar-refractivity contribution in [3.8, 4) is 0 Å². The van der Waals surface area contributed by atoms with Gasteiger partial charge < -0.3 is 21.7 Å². The average Bonchev–Trinajstić information content (AvgIpc) is 2.55. The molecule has 116 valence electrons. The van der Waals surface area contributed by atoms with Crippen LogP contribution in [0.5, 0.6) is 0 Å². The summed E-state index contributed by atoms with van der Waals surface area (Å²) >= 11 is 0. The molecule has 2 rings (SSSR count). The van der Waals surface area contributed by atoms with E-state index >= 15 is 0 Å². The first-order valence-electron chi connectivity index (χ1n) is 6.50. The molecule has 2 aromatic rings. The quantitative estimate of drug-likeness (QED) is 0.678. The van der Waals surface area contributed by atoms with Crippen molar-refractivity contribution in [1.82, 2.24) is 0 Å². The van der Waals surface area contributed by atoms with Crippen LogP contribution in [0, 0.1) is 0 Å². The maximum atomic E-state index is 10.4. The van der Waals surface area contributed by atoms with Gasteiger partial charge in [-0.2, -0.15) is 0 Å². The van der Waals surface area contributed by atoms with E-state index in [1.165, 1.54) is 0 Å². The van der Waals surface area contributed by atoms with E-state index in [0.29, 0.717) is 11.1 Å². The molecule has 2 atom stereocenters. The van der Waals surface area contributed by atoms with Crippen molar-refractivity contribution in [2.75, 3.05) is 0 Å². The molecule has 0 amide bonds. The number of carboxylic acid groups (broad SMARTS) is 2. The van der Waals surface area contributed by atoms with Crippen molar-refractivity contribution in [3.05, 3.63) is 71.8 Å². The van der Waals surface area contributed by atoms with Crippen LogP contribution in [0.25, 0.3) is 0 Å². The third kappa shape index (κ3) is 5.35. The highest BCUT2D eigenvalue weighted by Crippen LogP contribution is 2.09. The lowest BCUT2D eigenvalue weighted by atomic mass is 10.1. The molecule has 0 saturated heterocycles. The van der Waals surface area contributed by atoms with Gasteiger partial charge in [-0.15, -0.1) is 0 Å². The minimum Gasteiger partial charge on any atom is -0.480 e. The Balaban J connectivity index is 0.000000220. The molecule has 0 aliphatic carbocycles. The van der Waals surface area contributed by atoms with Gasteiger partial charge in [0.05, 0.1) is 0 Å². The molecule has 6 heteroatoms. The molecule has 6 N–H and O–H groups in total. The van der Waals surface area contributed by atoms with Gasteiger partial charge in [-0.25, -0.2) is 0 Å². The molecule has 0 aliphatic rings. The number of rotatable bonds is 4. The molecule has 0 heterocycles. The highest BCUT2D eigenvalue weighted by atomic mass is 16.4. The number of carbonyl (C=O) groups is 2. The second-order valence-corrected chi connectivity index (χ2v) is 4.45. The summed E-state index contributed by atoms with van der Waals surface area (Å²) in [6.07, 6.45) is 0. The molecule has 2 unspecified atom stereocenters. The topological polar surface area (TPSA) is 127 Å². The van der Waals surface area contributed by atoms with Crippen LogP contribution < -0.4 is 11.5 Å². The zero-order valence-electron chi connectivity index (χ0n) is 11.8. The van der Waals surface area contributed by atoms with E-state index in [2.05, 4.69) is 0 Å². The molecule has 22 heavy (non-hydrogen) atoms. The molecule has 0 saturated carbocycles. The number of aliphatic carboxylic acids is 2. The highest BCUT2D eigenvalue weighted by Gasteiger charge is 2.12. The summed E-state index contributed by atoms with van der Waals surface area (Å²) in [6.45, 7) is 0. The second-order valence-electron chi connectivity index (χ2n) is 4.45. The highest BCUT2D eigenvalue weighted by molar-refractivity contribution is 5.75. The monoisotopic (exact) mass is 302 g/mol. The van der Waals surface area contributed by atoms with Crippen molar-refractivity contribution in [1.29, 1.82) is 0 Å². The molecule has 0 aromatic heterocycles. The number of nitrogens with two attached hydrogens (primary N) is 2. The minimum absolute atomic E-state index is 0.625. The summed E-state index contributed by atoms with van der Waals surface area (Å²) in [4.78, 5) is 20.7. The first-order chi connectivity index (χ1) is 10.4. The standard InChI is InChI=1S/2C8H9NO2/c2*9-7(8(10)11)6-4-2-1-3-5-6/h2*1-5,7H,9H2,(H,10,11). The molecule has 0 aliphatic heterocycles. The maximum Gasteiger partial charge on any atom is 0.325 e. The fourth-order valence-electron chi connectivity index (χ4n) is 1.61. The smallest absolute Gasteiger partial charge is 0.325 e. The predicted molar refractivity (Wildman–Crippen MR) is 82.0 cm³/mol. The van der Waals surface area contributed by atoms with Gasteiger partial charge >= 0.3 is 11.9 Å². The SMILES string of the molecule is NC(C(=O)O)c1ccccc1.NC(C(=O)O)c1ccccc1. The Bertz CT molecular complexity index is 547. The summed E-state index contributed by atoms with van der Waals surface area (Å²) in [5, 5.41) is 17.0. The molecular weight excluding hydrogens is 284 g/mol. The summed E-state index contributed by atoms with van der Waals surface area (Å²) in [6, 6.07) is 15.6. The first-order valence-corrected chi connectivity index (χ1v) is 6.50. The molecule has 0 radical (unpaired) electrons. The molecule has 0 spiro atoms. The molecule has 0 bridgehead atoms. The molecule has 6 nitrogen and oxygen atoms in total. The van der Waals surface area contributed by atoms with Crippen LogP contribution in [0.3, 0.4) is 0 Å². The van der Waals surface area contributed by atoms with Crippen molar-refractivity contribution in [2.45, 2.75) is 12.1 Å². The fourth-order valence-corrected chi connectivity index (χ4v) is 1.61. The van der Waals surface area contributed by atoms with Crippen LogP contribution in [-0.2, 0) is 9.59 Å². The van der Waals surface area contributed by atoms with Crippen LogP contribution in [-0.4, -0.2) is 22.2 Å². The number of hydrogen-bond donors (Lipinski definition) is 4. The Labute approximate surface area is 128 Å². The van der Waals surface area contributed by atoms with Crippen LogP contribution >= 0.6 is 0 Å². The fraction of sp³-hybridized carbons (Fsp3) is 0.125. The second kappa shape index (κ2) is 8.56. The van der Waals surface area contributed by atoms with Crippen molar-refractivity contribution in [2.24, 2.45) is 11.5 Å². The normalized spacial score (nSPS) is 12.5. The van der Waals surface area contributed by atoms with E-state index in [-0.39, 0.29) is 0 Å². The summed E-state index contributed by atoms with van der Waals surface area (Å²) in [7, 11) is 0. The predicted octanol–water partition coefficient (Wildman–Crippen LogP) is 1.54. The number of hydrogen-bond acceptors (Lipinski definition) is 4. The number of benzene rings is 2. The van der Waals surface area contributed by atoms with E-state index in [1.54, 1.807) is 48.5 Å². The van der Waals surface area contributed by atoms with Crippen LogP contribution in [0.15, 0.2) is 60.7 Å². The zero-order valence-corrected chi connectivity index (χ0v) is 11.8. The third-order valence-corrected chi connectivity index (χ3v) is 2.85. The van der Waals surface area contributed by atoms with Gasteiger partial charge in [0.25, 0.3) is 0 Å². The minimum atomic E-state index is -1.00. The maximum absolute atomic E-state index is 10.4. The molecule has 0 fully saturated rings. The lowest BCUT2D eigenvalue weighted by molar-refractivity contribution is -0.139. The van der Waals surface area contributed by atoms with Gasteiger partial charge in [0.2, 0.25) is 0 Å². The van der Waals surface area contributed by atoms with E-state index in [9.17, 15) is 9.59 Å². The lowest BCUT2D eigenvalue weighted by Gasteiger charge is -2.04. The van der Waals surface area contributed by atoms with Crippen LogP contribution in [0.4, 0.5) is 0 Å². The molecular formula is C16H18N2O4. The molecule has 2 aromatic carbocycles. The summed E-state index contributed by atoms with van der Waals surface area (Å²) in [5.41, 5.74) is 11.9. The first kappa shape index (κ1) is 17.4. The van der Waals surface area contributed by atoms with E-state index < -0.39 is 24.0 Å². The largest absolute Gasteiger partial charge is 0.480 e. The average molecular weight is 302 g/mol. The Hall–Kier alpha value is -2.70. The van der Waals surface area contributed by atoms with E-state index in [4.69, 9.17) is 21.7 Å². The third-order valence-electron chi connectivity index (χ3n) is 2.85. The van der Waals surface area contributed by atoms with Crippen molar-refractivity contribution >= 4 is 11.9 Å². The van der Waals surface area contributed by atoms with Crippen LogP contribution in [0.1, 0.15) is 23.2 Å². The van der Waals surface area contributed by atoms with Gasteiger partial charge in [0.15, 0.2) is 0 Å². The Morgan fingerprint density at radius 1 is 0.682 bits per heavy atom. The van der Waals surface area contributed by atoms with Gasteiger partial charge in [-0.1, -0.05) is 60.7 Å². The summed E-state index contributed by atoms with van der Waals surface area (Å²) in [5.74, 6) is -2.01. The Morgan fingerprint density at radius 2 is 0.955 bits per heavy atom. The summed E-state index contributed by atoms with van der Waals surface area (Å²) < 4.78 is 0. The zero-order chi connectivity index (χ0) is 16.5. The van der Waals surface area contributed by atoms with Crippen molar-refractivity contribution < 1.29 is 19.8 Å². The van der Waals surface area contributed by atoms with Gasteiger partial charge in [0.1, 0.15) is 12.1 Å². The number of carboxylic acids is 2.